The third kappa shape index (κ3) is 3.42. The van der Waals surface area contributed by atoms with E-state index in [9.17, 15) is 0 Å². The molecule has 0 spiro atoms. The van der Waals surface area contributed by atoms with E-state index in [1.54, 1.807) is 0 Å². The van der Waals surface area contributed by atoms with Crippen molar-refractivity contribution in [2.24, 2.45) is 0 Å². The second-order valence-corrected chi connectivity index (χ2v) is 5.40. The summed E-state index contributed by atoms with van der Waals surface area (Å²) in [6.07, 6.45) is 8.42. The van der Waals surface area contributed by atoms with Crippen LogP contribution in [0, 0.1) is 0 Å². The zero-order chi connectivity index (χ0) is 12.9. The van der Waals surface area contributed by atoms with Crippen molar-refractivity contribution < 1.29 is 4.74 Å². The van der Waals surface area contributed by atoms with Crippen molar-refractivity contribution in [3.8, 4) is 0 Å². The van der Waals surface area contributed by atoms with Crippen molar-refractivity contribution in [1.29, 1.82) is 0 Å². The molecule has 0 aromatic carbocycles. The van der Waals surface area contributed by atoms with Crippen LogP contribution in [0.5, 0.6) is 0 Å². The smallest absolute Gasteiger partial charge is 0.222 e. The molecule has 19 heavy (non-hydrogen) atoms. The number of rotatable bonds is 3. The fraction of sp³-hybridized carbons (Fsp3) is 0.714. The van der Waals surface area contributed by atoms with Gasteiger partial charge in [0.15, 0.2) is 0 Å². The van der Waals surface area contributed by atoms with Gasteiger partial charge in [0.2, 0.25) is 5.95 Å². The van der Waals surface area contributed by atoms with Crippen molar-refractivity contribution in [3.63, 3.8) is 0 Å². The molecule has 2 N–H and O–H groups in total. The molecule has 2 fully saturated rings. The number of ether oxygens (including phenoxy) is 1. The van der Waals surface area contributed by atoms with E-state index in [1.165, 1.54) is 5.56 Å². The van der Waals surface area contributed by atoms with E-state index in [2.05, 4.69) is 20.6 Å². The minimum atomic E-state index is 0.509. The number of nitrogens with zero attached hydrogens (tertiary/aromatic N) is 2. The fourth-order valence-electron chi connectivity index (χ4n) is 2.80. The van der Waals surface area contributed by atoms with Gasteiger partial charge in [0.25, 0.3) is 0 Å². The molecule has 0 unspecified atom stereocenters. The molecule has 0 bridgehead atoms. The standard InChI is InChI=1S/C14H22N4O/c1-5-15-6-2-13(1)18-14-16-9-12(10-17-14)11-3-7-19-8-4-11/h9-11,13,15H,1-8H2,(H,16,17,18). The molecule has 1 aromatic rings. The topological polar surface area (TPSA) is 59.1 Å². The third-order valence-electron chi connectivity index (χ3n) is 4.04. The predicted octanol–water partition coefficient (Wildman–Crippen LogP) is 1.53. The lowest BCUT2D eigenvalue weighted by molar-refractivity contribution is 0.0852. The highest BCUT2D eigenvalue weighted by atomic mass is 16.5. The maximum absolute atomic E-state index is 5.39. The monoisotopic (exact) mass is 262 g/mol. The maximum Gasteiger partial charge on any atom is 0.222 e. The van der Waals surface area contributed by atoms with E-state index in [0.717, 1.165) is 57.9 Å². The fourth-order valence-corrected chi connectivity index (χ4v) is 2.80. The summed E-state index contributed by atoms with van der Waals surface area (Å²) < 4.78 is 5.39. The molecule has 0 aliphatic carbocycles. The van der Waals surface area contributed by atoms with Gasteiger partial charge in [-0.05, 0) is 50.3 Å². The molecule has 0 radical (unpaired) electrons. The molecule has 3 heterocycles. The lowest BCUT2D eigenvalue weighted by Gasteiger charge is -2.24. The van der Waals surface area contributed by atoms with Gasteiger partial charge < -0.3 is 15.4 Å². The molecular formula is C14H22N4O. The highest BCUT2D eigenvalue weighted by Gasteiger charge is 2.17. The minimum absolute atomic E-state index is 0.509. The Morgan fingerprint density at radius 2 is 1.74 bits per heavy atom. The van der Waals surface area contributed by atoms with E-state index in [1.807, 2.05) is 12.4 Å². The molecule has 3 rings (SSSR count). The molecule has 5 heteroatoms. The zero-order valence-corrected chi connectivity index (χ0v) is 11.3. The van der Waals surface area contributed by atoms with Gasteiger partial charge in [-0.3, -0.25) is 0 Å². The summed E-state index contributed by atoms with van der Waals surface area (Å²) in [7, 11) is 0. The van der Waals surface area contributed by atoms with Crippen LogP contribution in [0.4, 0.5) is 5.95 Å². The molecular weight excluding hydrogens is 240 g/mol. The van der Waals surface area contributed by atoms with Crippen molar-refractivity contribution >= 4 is 5.95 Å². The summed E-state index contributed by atoms with van der Waals surface area (Å²) in [4.78, 5) is 8.93. The Hall–Kier alpha value is -1.20. The summed E-state index contributed by atoms with van der Waals surface area (Å²) >= 11 is 0. The maximum atomic E-state index is 5.39. The second-order valence-electron chi connectivity index (χ2n) is 5.40. The number of nitrogens with one attached hydrogen (secondary N) is 2. The van der Waals surface area contributed by atoms with Crippen LogP contribution in [0.15, 0.2) is 12.4 Å². The highest BCUT2D eigenvalue weighted by molar-refractivity contribution is 5.27. The molecule has 0 atom stereocenters. The van der Waals surface area contributed by atoms with Crippen LogP contribution in [0.25, 0.3) is 0 Å². The lowest BCUT2D eigenvalue weighted by Crippen LogP contribution is -2.35. The van der Waals surface area contributed by atoms with Crippen LogP contribution in [0.3, 0.4) is 0 Å². The molecule has 1 aromatic heterocycles. The zero-order valence-electron chi connectivity index (χ0n) is 11.3. The van der Waals surface area contributed by atoms with Gasteiger partial charge in [-0.2, -0.15) is 0 Å². The van der Waals surface area contributed by atoms with E-state index in [0.29, 0.717) is 12.0 Å². The van der Waals surface area contributed by atoms with Gasteiger partial charge in [0.05, 0.1) is 0 Å². The Morgan fingerprint density at radius 1 is 1.05 bits per heavy atom. The molecule has 104 valence electrons. The van der Waals surface area contributed by atoms with Crippen LogP contribution < -0.4 is 10.6 Å². The van der Waals surface area contributed by atoms with Gasteiger partial charge in [-0.15, -0.1) is 0 Å². The van der Waals surface area contributed by atoms with Crippen LogP contribution in [0.2, 0.25) is 0 Å². The normalized spacial score (nSPS) is 22.3. The number of anilines is 1. The van der Waals surface area contributed by atoms with Crippen molar-refractivity contribution in [3.05, 3.63) is 18.0 Å². The number of hydrogen-bond acceptors (Lipinski definition) is 5. The van der Waals surface area contributed by atoms with Gasteiger partial charge in [0.1, 0.15) is 0 Å². The first-order valence-electron chi connectivity index (χ1n) is 7.29. The molecule has 5 nitrogen and oxygen atoms in total. The average molecular weight is 262 g/mol. The van der Waals surface area contributed by atoms with Gasteiger partial charge >= 0.3 is 0 Å². The Morgan fingerprint density at radius 3 is 2.42 bits per heavy atom. The summed E-state index contributed by atoms with van der Waals surface area (Å²) in [6, 6.07) is 0.509. The van der Waals surface area contributed by atoms with E-state index in [4.69, 9.17) is 4.74 Å². The first-order chi connectivity index (χ1) is 9.42. The minimum Gasteiger partial charge on any atom is -0.381 e. The van der Waals surface area contributed by atoms with Crippen molar-refractivity contribution in [2.75, 3.05) is 31.6 Å². The second kappa shape index (κ2) is 6.30. The van der Waals surface area contributed by atoms with Crippen LogP contribution in [-0.2, 0) is 4.74 Å². The van der Waals surface area contributed by atoms with Crippen LogP contribution >= 0.6 is 0 Å². The van der Waals surface area contributed by atoms with Gasteiger partial charge in [0, 0.05) is 31.6 Å². The number of hydrogen-bond donors (Lipinski definition) is 2. The van der Waals surface area contributed by atoms with E-state index < -0.39 is 0 Å². The average Bonchev–Trinajstić information content (AvgIpc) is 2.50. The number of aromatic nitrogens is 2. The Balaban J connectivity index is 1.58. The summed E-state index contributed by atoms with van der Waals surface area (Å²) in [5, 5.41) is 6.78. The molecule has 2 saturated heterocycles. The Bertz CT molecular complexity index is 383. The molecule has 2 aliphatic heterocycles. The highest BCUT2D eigenvalue weighted by Crippen LogP contribution is 2.26. The predicted molar refractivity (Wildman–Crippen MR) is 74.3 cm³/mol. The first-order valence-corrected chi connectivity index (χ1v) is 7.29. The molecule has 0 amide bonds. The van der Waals surface area contributed by atoms with E-state index >= 15 is 0 Å². The third-order valence-corrected chi connectivity index (χ3v) is 4.04. The van der Waals surface area contributed by atoms with Gasteiger partial charge in [-0.1, -0.05) is 0 Å². The van der Waals surface area contributed by atoms with Gasteiger partial charge in [-0.25, -0.2) is 9.97 Å². The largest absolute Gasteiger partial charge is 0.381 e. The van der Waals surface area contributed by atoms with Crippen LogP contribution in [-0.4, -0.2) is 42.3 Å². The van der Waals surface area contributed by atoms with Crippen LogP contribution in [0.1, 0.15) is 37.2 Å². The van der Waals surface area contributed by atoms with Crippen molar-refractivity contribution in [1.82, 2.24) is 15.3 Å². The number of piperidine rings is 1. The lowest BCUT2D eigenvalue weighted by atomic mass is 9.94. The SMILES string of the molecule is c1nc(NC2CCNCC2)ncc1C1CCOCC1. The summed E-state index contributed by atoms with van der Waals surface area (Å²) in [5.74, 6) is 1.34. The van der Waals surface area contributed by atoms with E-state index in [-0.39, 0.29) is 0 Å². The Labute approximate surface area is 114 Å². The molecule has 2 aliphatic rings. The Kier molecular flexibility index (Phi) is 4.25. The first kappa shape index (κ1) is 12.8. The van der Waals surface area contributed by atoms with Crippen molar-refractivity contribution in [2.45, 2.75) is 37.6 Å². The molecule has 0 saturated carbocycles. The quantitative estimate of drug-likeness (QED) is 0.865. The summed E-state index contributed by atoms with van der Waals surface area (Å²) in [6.45, 7) is 3.88. The summed E-state index contributed by atoms with van der Waals surface area (Å²) in [5.41, 5.74) is 1.25.